The summed E-state index contributed by atoms with van der Waals surface area (Å²) in [6, 6.07) is 18.1. The fraction of sp³-hybridized carbons (Fsp3) is 0.459. The highest BCUT2D eigenvalue weighted by molar-refractivity contribution is 5.94. The van der Waals surface area contributed by atoms with Crippen molar-refractivity contribution in [2.75, 3.05) is 19.7 Å². The molecule has 1 aromatic carbocycles. The monoisotopic (exact) mass is 636 g/mol. The van der Waals surface area contributed by atoms with Gasteiger partial charge in [0.25, 0.3) is 0 Å². The summed E-state index contributed by atoms with van der Waals surface area (Å²) in [5, 5.41) is 4.62. The molecule has 1 atom stereocenters. The van der Waals surface area contributed by atoms with Crippen LogP contribution in [0.5, 0.6) is 5.88 Å². The molecule has 1 unspecified atom stereocenters. The van der Waals surface area contributed by atoms with E-state index in [1.807, 2.05) is 61.8 Å². The zero-order chi connectivity index (χ0) is 32.5. The molecule has 2 aliphatic rings. The quantitative estimate of drug-likeness (QED) is 0.164. The number of hydrogen-bond acceptors (Lipinski definition) is 8. The lowest BCUT2D eigenvalue weighted by Crippen LogP contribution is -2.35. The Balaban J connectivity index is 0.998. The maximum atomic E-state index is 12.9. The fourth-order valence-electron chi connectivity index (χ4n) is 6.42. The van der Waals surface area contributed by atoms with Crippen LogP contribution in [0.1, 0.15) is 86.0 Å². The molecule has 246 valence electrons. The van der Waals surface area contributed by atoms with Crippen LogP contribution in [0, 0.1) is 0 Å². The third kappa shape index (κ3) is 7.18. The molecule has 10 nitrogen and oxygen atoms in total. The summed E-state index contributed by atoms with van der Waals surface area (Å²) in [5.74, 6) is 1.71. The SMILES string of the molecule is CCc1cc2ccc(COc3cccc(C4CCN(Cc5nc6ccc(C(=O)OC(C)(C)C)cc6n5CC5CCO5)CC4)n3)cn2n1. The summed E-state index contributed by atoms with van der Waals surface area (Å²) in [6.45, 7) is 12.4. The number of esters is 1. The minimum absolute atomic E-state index is 0.171. The van der Waals surface area contributed by atoms with Gasteiger partial charge in [0.2, 0.25) is 5.88 Å². The lowest BCUT2D eigenvalue weighted by atomic mass is 9.93. The summed E-state index contributed by atoms with van der Waals surface area (Å²) in [5.41, 5.74) is 6.14. The molecule has 0 radical (unpaired) electrons. The van der Waals surface area contributed by atoms with Crippen molar-refractivity contribution >= 4 is 22.5 Å². The Hall–Kier alpha value is -4.28. The number of fused-ring (bicyclic) bond motifs is 2. The van der Waals surface area contributed by atoms with Gasteiger partial charge in [-0.05, 0) is 95.9 Å². The summed E-state index contributed by atoms with van der Waals surface area (Å²) in [6.07, 6.45) is 6.18. The average Bonchev–Trinajstić information content (AvgIpc) is 3.61. The first-order valence-electron chi connectivity index (χ1n) is 16.8. The topological polar surface area (TPSA) is 96.0 Å². The molecule has 47 heavy (non-hydrogen) atoms. The molecule has 2 saturated heterocycles. The van der Waals surface area contributed by atoms with Crippen molar-refractivity contribution in [1.29, 1.82) is 0 Å². The number of carbonyl (C=O) groups is 1. The Morgan fingerprint density at radius 3 is 2.60 bits per heavy atom. The molecule has 7 rings (SSSR count). The first-order valence-corrected chi connectivity index (χ1v) is 16.8. The van der Waals surface area contributed by atoms with Gasteiger partial charge in [-0.3, -0.25) is 4.90 Å². The van der Waals surface area contributed by atoms with E-state index in [4.69, 9.17) is 24.2 Å². The summed E-state index contributed by atoms with van der Waals surface area (Å²) in [7, 11) is 0. The predicted octanol–water partition coefficient (Wildman–Crippen LogP) is 6.34. The van der Waals surface area contributed by atoms with Crippen molar-refractivity contribution < 1.29 is 19.0 Å². The number of aromatic nitrogens is 5. The van der Waals surface area contributed by atoms with Gasteiger partial charge in [-0.2, -0.15) is 5.10 Å². The number of benzene rings is 1. The fourth-order valence-corrected chi connectivity index (χ4v) is 6.42. The van der Waals surface area contributed by atoms with Gasteiger partial charge in [0.1, 0.15) is 18.0 Å². The van der Waals surface area contributed by atoms with Crippen molar-refractivity contribution in [3.05, 3.63) is 89.1 Å². The van der Waals surface area contributed by atoms with Crippen LogP contribution in [0.2, 0.25) is 0 Å². The van der Waals surface area contributed by atoms with Crippen LogP contribution in [-0.4, -0.2) is 66.4 Å². The van der Waals surface area contributed by atoms with E-state index in [1.165, 1.54) is 0 Å². The number of nitrogens with zero attached hydrogens (tertiary/aromatic N) is 6. The van der Waals surface area contributed by atoms with Gasteiger partial charge in [0, 0.05) is 36.0 Å². The van der Waals surface area contributed by atoms with Gasteiger partial charge >= 0.3 is 5.97 Å². The second-order valence-corrected chi connectivity index (χ2v) is 13.8. The molecule has 10 heteroatoms. The highest BCUT2D eigenvalue weighted by atomic mass is 16.6. The molecular weight excluding hydrogens is 592 g/mol. The molecule has 6 heterocycles. The lowest BCUT2D eigenvalue weighted by Gasteiger charge is -2.32. The number of rotatable bonds is 10. The number of likely N-dealkylation sites (tertiary alicyclic amines) is 1. The van der Waals surface area contributed by atoms with Crippen LogP contribution in [0.3, 0.4) is 0 Å². The Morgan fingerprint density at radius 2 is 1.85 bits per heavy atom. The van der Waals surface area contributed by atoms with Gasteiger partial charge in [0.05, 0.1) is 47.0 Å². The number of aryl methyl sites for hydroxylation is 1. The summed E-state index contributed by atoms with van der Waals surface area (Å²) >= 11 is 0. The normalized spacial score (nSPS) is 17.7. The van der Waals surface area contributed by atoms with E-state index in [1.54, 1.807) is 0 Å². The number of ether oxygens (including phenoxy) is 3. The van der Waals surface area contributed by atoms with Crippen LogP contribution < -0.4 is 4.74 Å². The molecule has 2 fully saturated rings. The highest BCUT2D eigenvalue weighted by Crippen LogP contribution is 2.30. The van der Waals surface area contributed by atoms with Gasteiger partial charge in [-0.25, -0.2) is 19.3 Å². The molecule has 5 aromatic rings. The van der Waals surface area contributed by atoms with Gasteiger partial charge < -0.3 is 18.8 Å². The van der Waals surface area contributed by atoms with Crippen LogP contribution >= 0.6 is 0 Å². The molecular formula is C37H44N6O4. The third-order valence-electron chi connectivity index (χ3n) is 9.08. The van der Waals surface area contributed by atoms with Crippen LogP contribution in [0.4, 0.5) is 0 Å². The van der Waals surface area contributed by atoms with E-state index in [-0.39, 0.29) is 12.1 Å². The largest absolute Gasteiger partial charge is 0.473 e. The number of piperidine rings is 1. The maximum absolute atomic E-state index is 12.9. The number of pyridine rings is 2. The van der Waals surface area contributed by atoms with Crippen molar-refractivity contribution in [2.24, 2.45) is 0 Å². The van der Waals surface area contributed by atoms with Crippen LogP contribution in [0.25, 0.3) is 16.6 Å². The highest BCUT2D eigenvalue weighted by Gasteiger charge is 2.27. The Labute approximate surface area is 275 Å². The number of hydrogen-bond donors (Lipinski definition) is 0. The number of imidazole rings is 1. The third-order valence-corrected chi connectivity index (χ3v) is 9.08. The van der Waals surface area contributed by atoms with Crippen molar-refractivity contribution in [1.82, 2.24) is 29.0 Å². The minimum Gasteiger partial charge on any atom is -0.473 e. The van der Waals surface area contributed by atoms with E-state index in [2.05, 4.69) is 45.8 Å². The maximum Gasteiger partial charge on any atom is 0.338 e. The lowest BCUT2D eigenvalue weighted by molar-refractivity contribution is -0.0592. The molecule has 4 aromatic heterocycles. The minimum atomic E-state index is -0.553. The summed E-state index contributed by atoms with van der Waals surface area (Å²) < 4.78 is 21.7. The van der Waals surface area contributed by atoms with E-state index < -0.39 is 5.60 Å². The van der Waals surface area contributed by atoms with Crippen molar-refractivity contribution in [3.63, 3.8) is 0 Å². The van der Waals surface area contributed by atoms with E-state index in [0.717, 1.165) is 97.8 Å². The molecule has 0 aliphatic carbocycles. The van der Waals surface area contributed by atoms with Crippen molar-refractivity contribution in [2.45, 2.75) is 90.7 Å². The molecule has 0 amide bonds. The van der Waals surface area contributed by atoms with Gasteiger partial charge in [0.15, 0.2) is 0 Å². The molecule has 2 aliphatic heterocycles. The second kappa shape index (κ2) is 13.1. The average molecular weight is 637 g/mol. The van der Waals surface area contributed by atoms with Gasteiger partial charge in [-0.1, -0.05) is 19.1 Å². The van der Waals surface area contributed by atoms with E-state index in [0.29, 0.717) is 24.0 Å². The Morgan fingerprint density at radius 1 is 1.02 bits per heavy atom. The first kappa shape index (κ1) is 31.3. The Kier molecular flexibility index (Phi) is 8.72. The number of carbonyl (C=O) groups excluding carboxylic acids is 1. The first-order chi connectivity index (χ1) is 22.7. The molecule has 0 spiro atoms. The van der Waals surface area contributed by atoms with Crippen molar-refractivity contribution in [3.8, 4) is 5.88 Å². The zero-order valence-electron chi connectivity index (χ0n) is 27.8. The zero-order valence-corrected chi connectivity index (χ0v) is 27.8. The second-order valence-electron chi connectivity index (χ2n) is 13.8. The van der Waals surface area contributed by atoms with Crippen LogP contribution in [0.15, 0.2) is 60.8 Å². The van der Waals surface area contributed by atoms with E-state index >= 15 is 0 Å². The molecule has 0 bridgehead atoms. The smallest absolute Gasteiger partial charge is 0.338 e. The van der Waals surface area contributed by atoms with E-state index in [9.17, 15) is 4.79 Å². The Bertz CT molecular complexity index is 1880. The molecule has 0 saturated carbocycles. The summed E-state index contributed by atoms with van der Waals surface area (Å²) in [4.78, 5) is 25.3. The molecule has 0 N–H and O–H groups in total. The van der Waals surface area contributed by atoms with Crippen LogP contribution in [-0.2, 0) is 35.6 Å². The standard InChI is InChI=1S/C37H44N6O4/c1-5-28-20-29-11-9-25(21-43(29)40-28)24-46-35-8-6-7-31(39-35)26-13-16-41(17-14-26)23-34-38-32-12-10-27(36(44)47-37(2,3)4)19-33(32)42(34)22-30-15-18-45-30/h6-12,19-21,26,30H,5,13-18,22-24H2,1-4H3. The van der Waals surface area contributed by atoms with Gasteiger partial charge in [-0.15, -0.1) is 0 Å². The predicted molar refractivity (Wildman–Crippen MR) is 180 cm³/mol.